The van der Waals surface area contributed by atoms with Gasteiger partial charge in [-0.05, 0) is 55.8 Å². The minimum atomic E-state index is 0.310. The fourth-order valence-electron chi connectivity index (χ4n) is 3.45. The molecule has 0 aromatic heterocycles. The fraction of sp³-hybridized carbons (Fsp3) is 0.684. The Morgan fingerprint density at radius 3 is 2.48 bits per heavy atom. The Morgan fingerprint density at radius 2 is 1.90 bits per heavy atom. The van der Waals surface area contributed by atoms with Gasteiger partial charge in [0.05, 0.1) is 0 Å². The third-order valence-corrected chi connectivity index (χ3v) is 4.80. The first-order chi connectivity index (χ1) is 10.1. The average Bonchev–Trinajstić information content (AvgIpc) is 2.48. The van der Waals surface area contributed by atoms with E-state index in [1.54, 1.807) is 0 Å². The van der Waals surface area contributed by atoms with Gasteiger partial charge in [-0.2, -0.15) is 0 Å². The highest BCUT2D eigenvalue weighted by Crippen LogP contribution is 2.31. The van der Waals surface area contributed by atoms with Crippen molar-refractivity contribution in [3.05, 3.63) is 29.8 Å². The number of hydrogen-bond donors (Lipinski definition) is 1. The Labute approximate surface area is 130 Å². The van der Waals surface area contributed by atoms with Crippen molar-refractivity contribution in [3.63, 3.8) is 0 Å². The summed E-state index contributed by atoms with van der Waals surface area (Å²) in [6, 6.07) is 9.14. The van der Waals surface area contributed by atoms with Crippen molar-refractivity contribution in [2.24, 2.45) is 5.92 Å². The van der Waals surface area contributed by atoms with E-state index in [0.29, 0.717) is 18.1 Å². The van der Waals surface area contributed by atoms with Crippen LogP contribution in [0.4, 0.5) is 0 Å². The van der Waals surface area contributed by atoms with Crippen molar-refractivity contribution < 1.29 is 4.74 Å². The summed E-state index contributed by atoms with van der Waals surface area (Å²) in [4.78, 5) is 0. The highest BCUT2D eigenvalue weighted by molar-refractivity contribution is 5.29. The number of ether oxygens (including phenoxy) is 1. The maximum absolute atomic E-state index is 6.31. The second-order valence-corrected chi connectivity index (χ2v) is 6.74. The molecule has 1 aromatic carbocycles. The van der Waals surface area contributed by atoms with Gasteiger partial charge in [-0.1, -0.05) is 45.7 Å². The molecule has 0 amide bonds. The number of benzene rings is 1. The largest absolute Gasteiger partial charge is 0.489 e. The molecule has 118 valence electrons. The minimum absolute atomic E-state index is 0.310. The summed E-state index contributed by atoms with van der Waals surface area (Å²) < 4.78 is 6.31. The average molecular weight is 289 g/mol. The molecule has 3 unspecified atom stereocenters. The van der Waals surface area contributed by atoms with Gasteiger partial charge in [-0.15, -0.1) is 0 Å². The minimum Gasteiger partial charge on any atom is -0.489 e. The molecule has 0 heterocycles. The van der Waals surface area contributed by atoms with Crippen LogP contribution < -0.4 is 10.1 Å². The van der Waals surface area contributed by atoms with Gasteiger partial charge in [0.15, 0.2) is 0 Å². The van der Waals surface area contributed by atoms with Crippen LogP contribution >= 0.6 is 0 Å². The van der Waals surface area contributed by atoms with Crippen molar-refractivity contribution >= 4 is 0 Å². The van der Waals surface area contributed by atoms with Gasteiger partial charge in [-0.25, -0.2) is 0 Å². The summed E-state index contributed by atoms with van der Waals surface area (Å²) in [5.74, 6) is 2.43. The quantitative estimate of drug-likeness (QED) is 0.816. The molecular formula is C19H31NO. The Bertz CT molecular complexity index is 412. The van der Waals surface area contributed by atoms with Crippen LogP contribution in [0.25, 0.3) is 0 Å². The van der Waals surface area contributed by atoms with Crippen LogP contribution in [0.3, 0.4) is 0 Å². The summed E-state index contributed by atoms with van der Waals surface area (Å²) in [6.07, 6.45) is 6.69. The first-order valence-corrected chi connectivity index (χ1v) is 8.57. The van der Waals surface area contributed by atoms with E-state index in [2.05, 4.69) is 57.4 Å². The van der Waals surface area contributed by atoms with Crippen LogP contribution in [0.5, 0.6) is 5.75 Å². The van der Waals surface area contributed by atoms with E-state index in [0.717, 1.165) is 11.7 Å². The van der Waals surface area contributed by atoms with Gasteiger partial charge < -0.3 is 10.1 Å². The third-order valence-electron chi connectivity index (χ3n) is 4.80. The lowest BCUT2D eigenvalue weighted by Crippen LogP contribution is -2.45. The predicted molar refractivity (Wildman–Crippen MR) is 90.0 cm³/mol. The molecule has 0 radical (unpaired) electrons. The Morgan fingerprint density at radius 1 is 1.19 bits per heavy atom. The molecule has 0 bridgehead atoms. The van der Waals surface area contributed by atoms with E-state index >= 15 is 0 Å². The molecule has 0 spiro atoms. The Balaban J connectivity index is 2.00. The molecule has 1 aliphatic carbocycles. The maximum Gasteiger partial charge on any atom is 0.119 e. The molecule has 1 saturated carbocycles. The van der Waals surface area contributed by atoms with E-state index < -0.39 is 0 Å². The topological polar surface area (TPSA) is 21.3 Å². The molecule has 1 fully saturated rings. The lowest BCUT2D eigenvalue weighted by molar-refractivity contribution is 0.0866. The van der Waals surface area contributed by atoms with E-state index in [9.17, 15) is 0 Å². The molecule has 1 aromatic rings. The van der Waals surface area contributed by atoms with Crippen molar-refractivity contribution in [2.75, 3.05) is 7.05 Å². The number of rotatable bonds is 6. The van der Waals surface area contributed by atoms with Crippen LogP contribution in [-0.2, 0) is 0 Å². The molecule has 2 rings (SSSR count). The second-order valence-electron chi connectivity index (χ2n) is 6.74. The molecule has 2 heteroatoms. The molecule has 1 N–H and O–H groups in total. The van der Waals surface area contributed by atoms with Crippen LogP contribution in [0.15, 0.2) is 24.3 Å². The van der Waals surface area contributed by atoms with Crippen molar-refractivity contribution in [1.29, 1.82) is 0 Å². The van der Waals surface area contributed by atoms with Crippen LogP contribution in [0, 0.1) is 5.92 Å². The normalized spacial score (nSPS) is 26.0. The van der Waals surface area contributed by atoms with Crippen molar-refractivity contribution in [3.8, 4) is 5.75 Å². The zero-order valence-corrected chi connectivity index (χ0v) is 14.1. The molecular weight excluding hydrogens is 258 g/mol. The zero-order chi connectivity index (χ0) is 15.2. The lowest BCUT2D eigenvalue weighted by Gasteiger charge is -2.36. The fourth-order valence-corrected chi connectivity index (χ4v) is 3.45. The first kappa shape index (κ1) is 16.4. The van der Waals surface area contributed by atoms with E-state index in [-0.39, 0.29) is 0 Å². The highest BCUT2D eigenvalue weighted by atomic mass is 16.5. The standard InChI is InChI=1S/C19H31NO/c1-5-6-15-7-12-18(20-4)19(13-15)21-17-10-8-16(9-11-17)14(2)3/h8-11,14-15,18-20H,5-7,12-13H2,1-4H3. The highest BCUT2D eigenvalue weighted by Gasteiger charge is 2.30. The number of likely N-dealkylation sites (N-methyl/N-ethyl adjacent to an activating group) is 1. The molecule has 0 saturated heterocycles. The third kappa shape index (κ3) is 4.47. The van der Waals surface area contributed by atoms with Gasteiger partial charge in [0.25, 0.3) is 0 Å². The van der Waals surface area contributed by atoms with Crippen LogP contribution in [-0.4, -0.2) is 19.2 Å². The molecule has 1 aliphatic rings. The van der Waals surface area contributed by atoms with Crippen molar-refractivity contribution in [1.82, 2.24) is 5.32 Å². The summed E-state index contributed by atoms with van der Waals surface area (Å²) in [5.41, 5.74) is 1.38. The smallest absolute Gasteiger partial charge is 0.119 e. The lowest BCUT2D eigenvalue weighted by atomic mass is 9.81. The van der Waals surface area contributed by atoms with Gasteiger partial charge in [0, 0.05) is 6.04 Å². The summed E-state index contributed by atoms with van der Waals surface area (Å²) in [7, 11) is 2.06. The van der Waals surface area contributed by atoms with E-state index in [1.165, 1.54) is 37.7 Å². The number of nitrogens with one attached hydrogen (secondary N) is 1. The monoisotopic (exact) mass is 289 g/mol. The second kappa shape index (κ2) is 7.84. The SMILES string of the molecule is CCCC1CCC(NC)C(Oc2ccc(C(C)C)cc2)C1. The van der Waals surface area contributed by atoms with Gasteiger partial charge in [0.1, 0.15) is 11.9 Å². The number of hydrogen-bond acceptors (Lipinski definition) is 2. The summed E-state index contributed by atoms with van der Waals surface area (Å²) in [5, 5.41) is 3.44. The van der Waals surface area contributed by atoms with Gasteiger partial charge in [0.2, 0.25) is 0 Å². The Kier molecular flexibility index (Phi) is 6.10. The molecule has 2 nitrogen and oxygen atoms in total. The predicted octanol–water partition coefficient (Wildman–Crippen LogP) is 4.75. The maximum atomic E-state index is 6.31. The first-order valence-electron chi connectivity index (χ1n) is 8.57. The molecule has 21 heavy (non-hydrogen) atoms. The van der Waals surface area contributed by atoms with Gasteiger partial charge >= 0.3 is 0 Å². The van der Waals surface area contributed by atoms with E-state index in [1.807, 2.05) is 0 Å². The van der Waals surface area contributed by atoms with Crippen LogP contribution in [0.2, 0.25) is 0 Å². The summed E-state index contributed by atoms with van der Waals surface area (Å²) >= 11 is 0. The molecule has 3 atom stereocenters. The summed E-state index contributed by atoms with van der Waals surface area (Å²) in [6.45, 7) is 6.73. The van der Waals surface area contributed by atoms with Gasteiger partial charge in [-0.3, -0.25) is 0 Å². The molecule has 0 aliphatic heterocycles. The Hall–Kier alpha value is -1.02. The van der Waals surface area contributed by atoms with Crippen molar-refractivity contribution in [2.45, 2.75) is 70.9 Å². The van der Waals surface area contributed by atoms with Crippen LogP contribution in [0.1, 0.15) is 64.4 Å². The van der Waals surface area contributed by atoms with E-state index in [4.69, 9.17) is 4.74 Å². The zero-order valence-electron chi connectivity index (χ0n) is 14.1.